The molecule has 0 bridgehead atoms. The molecule has 130 valence electrons. The monoisotopic (exact) mass is 363 g/mol. The molecule has 0 aliphatic rings. The average Bonchev–Trinajstić information content (AvgIpc) is 3.33. The number of anilines is 1. The second kappa shape index (κ2) is 7.37. The predicted molar refractivity (Wildman–Crippen MR) is 104 cm³/mol. The fourth-order valence-electron chi connectivity index (χ4n) is 3.04. The topological polar surface area (TPSA) is 82.7 Å². The van der Waals surface area contributed by atoms with E-state index >= 15 is 0 Å². The molecule has 0 saturated heterocycles. The van der Waals surface area contributed by atoms with Gasteiger partial charge in [-0.3, -0.25) is 5.32 Å². The summed E-state index contributed by atoms with van der Waals surface area (Å²) in [5.41, 5.74) is 4.96. The molecule has 4 rings (SSSR count). The van der Waals surface area contributed by atoms with Gasteiger partial charge in [0.05, 0.1) is 0 Å². The van der Waals surface area contributed by atoms with E-state index in [0.29, 0.717) is 11.7 Å². The number of urea groups is 1. The number of aromatic nitrogens is 3. The average molecular weight is 363 g/mol. The van der Waals surface area contributed by atoms with Crippen LogP contribution in [0.5, 0.6) is 0 Å². The van der Waals surface area contributed by atoms with Crippen LogP contribution in [-0.2, 0) is 0 Å². The number of carbonyl (C=O) groups is 1. The summed E-state index contributed by atoms with van der Waals surface area (Å²) in [6, 6.07) is 18.1. The van der Waals surface area contributed by atoms with E-state index in [0.717, 1.165) is 22.0 Å². The van der Waals surface area contributed by atoms with Crippen LogP contribution in [0.25, 0.3) is 10.9 Å². The van der Waals surface area contributed by atoms with Crippen LogP contribution in [0.3, 0.4) is 0 Å². The number of aromatic amines is 1. The van der Waals surface area contributed by atoms with Gasteiger partial charge in [-0.25, -0.2) is 4.79 Å². The van der Waals surface area contributed by atoms with E-state index in [4.69, 9.17) is 0 Å². The minimum Gasteiger partial charge on any atom is -0.361 e. The van der Waals surface area contributed by atoms with Gasteiger partial charge in [0.1, 0.15) is 5.51 Å². The van der Waals surface area contributed by atoms with Crippen molar-refractivity contribution in [1.29, 1.82) is 0 Å². The molecule has 3 N–H and O–H groups in total. The summed E-state index contributed by atoms with van der Waals surface area (Å²) < 4.78 is 0. The van der Waals surface area contributed by atoms with E-state index in [1.807, 2.05) is 36.5 Å². The zero-order valence-corrected chi connectivity index (χ0v) is 14.7. The summed E-state index contributed by atoms with van der Waals surface area (Å²) in [4.78, 5) is 15.5. The van der Waals surface area contributed by atoms with E-state index in [9.17, 15) is 4.79 Å². The Balaban J connectivity index is 1.59. The van der Waals surface area contributed by atoms with Gasteiger partial charge in [0.15, 0.2) is 0 Å². The molecule has 0 saturated carbocycles. The molecule has 2 amide bonds. The van der Waals surface area contributed by atoms with Crippen molar-refractivity contribution in [3.05, 3.63) is 77.4 Å². The molecule has 0 radical (unpaired) electrons. The van der Waals surface area contributed by atoms with Crippen LogP contribution >= 0.6 is 11.3 Å². The van der Waals surface area contributed by atoms with Gasteiger partial charge < -0.3 is 10.3 Å². The summed E-state index contributed by atoms with van der Waals surface area (Å²) in [6.45, 7) is 0.469. The zero-order valence-electron chi connectivity index (χ0n) is 13.8. The summed E-state index contributed by atoms with van der Waals surface area (Å²) in [6.07, 6.45) is 2.02. The van der Waals surface area contributed by atoms with Gasteiger partial charge in [-0.05, 0) is 17.2 Å². The van der Waals surface area contributed by atoms with E-state index in [1.165, 1.54) is 11.3 Å². The first-order valence-electron chi connectivity index (χ1n) is 8.23. The van der Waals surface area contributed by atoms with Crippen molar-refractivity contribution >= 4 is 33.4 Å². The number of amides is 2. The minimum atomic E-state index is -0.289. The Labute approximate surface area is 154 Å². The van der Waals surface area contributed by atoms with E-state index in [-0.39, 0.29) is 11.9 Å². The zero-order chi connectivity index (χ0) is 17.8. The van der Waals surface area contributed by atoms with Crippen LogP contribution in [0.15, 0.2) is 66.3 Å². The van der Waals surface area contributed by atoms with Gasteiger partial charge in [0, 0.05) is 29.6 Å². The molecule has 0 aliphatic heterocycles. The van der Waals surface area contributed by atoms with Crippen molar-refractivity contribution in [3.8, 4) is 0 Å². The van der Waals surface area contributed by atoms with E-state index in [2.05, 4.69) is 50.1 Å². The van der Waals surface area contributed by atoms with Crippen LogP contribution in [0.1, 0.15) is 17.0 Å². The predicted octanol–water partition coefficient (Wildman–Crippen LogP) is 3.97. The fourth-order valence-corrected chi connectivity index (χ4v) is 3.48. The third kappa shape index (κ3) is 3.43. The normalized spacial score (nSPS) is 12.0. The number of benzene rings is 2. The minimum absolute atomic E-state index is 0.0347. The number of hydrogen-bond donors (Lipinski definition) is 3. The SMILES string of the molecule is O=C(NC[C@H](c1ccccc1)c1c[nH]c2ccccc12)Nc1nncs1. The summed E-state index contributed by atoms with van der Waals surface area (Å²) in [5.74, 6) is 0.0347. The maximum atomic E-state index is 12.2. The number of fused-ring (bicyclic) bond motifs is 1. The largest absolute Gasteiger partial charge is 0.361 e. The molecule has 2 heterocycles. The molecule has 6 nitrogen and oxygen atoms in total. The van der Waals surface area contributed by atoms with Crippen molar-refractivity contribution in [2.24, 2.45) is 0 Å². The van der Waals surface area contributed by atoms with Gasteiger partial charge in [-0.2, -0.15) is 0 Å². The Hall–Kier alpha value is -3.19. The van der Waals surface area contributed by atoms with Crippen LogP contribution in [0.4, 0.5) is 9.93 Å². The highest BCUT2D eigenvalue weighted by molar-refractivity contribution is 7.13. The number of nitrogens with one attached hydrogen (secondary N) is 3. The number of para-hydroxylation sites is 1. The third-order valence-electron chi connectivity index (χ3n) is 4.25. The highest BCUT2D eigenvalue weighted by Gasteiger charge is 2.19. The van der Waals surface area contributed by atoms with Gasteiger partial charge in [-0.15, -0.1) is 10.2 Å². The lowest BCUT2D eigenvalue weighted by atomic mass is 9.91. The fraction of sp³-hybridized carbons (Fsp3) is 0.105. The van der Waals surface area contributed by atoms with Gasteiger partial charge >= 0.3 is 6.03 Å². The third-order valence-corrected chi connectivity index (χ3v) is 4.85. The molecule has 4 aromatic rings. The molecular formula is C19H17N5OS. The van der Waals surface area contributed by atoms with Crippen LogP contribution in [0.2, 0.25) is 0 Å². The Morgan fingerprint density at radius 3 is 2.73 bits per heavy atom. The molecule has 26 heavy (non-hydrogen) atoms. The lowest BCUT2D eigenvalue weighted by molar-refractivity contribution is 0.252. The van der Waals surface area contributed by atoms with Crippen molar-refractivity contribution in [3.63, 3.8) is 0 Å². The summed E-state index contributed by atoms with van der Waals surface area (Å²) in [7, 11) is 0. The number of hydrogen-bond acceptors (Lipinski definition) is 4. The molecule has 2 aromatic heterocycles. The second-order valence-corrected chi connectivity index (χ2v) is 6.66. The lowest BCUT2D eigenvalue weighted by Crippen LogP contribution is -2.32. The molecule has 0 fully saturated rings. The Morgan fingerprint density at radius 2 is 1.92 bits per heavy atom. The Kier molecular flexibility index (Phi) is 4.61. The maximum absolute atomic E-state index is 12.2. The maximum Gasteiger partial charge on any atom is 0.321 e. The molecule has 0 unspecified atom stereocenters. The second-order valence-electron chi connectivity index (χ2n) is 5.83. The van der Waals surface area contributed by atoms with Crippen LogP contribution in [-0.4, -0.2) is 27.8 Å². The number of nitrogens with zero attached hydrogens (tertiary/aromatic N) is 2. The molecule has 1 atom stereocenters. The first kappa shape index (κ1) is 16.3. The highest BCUT2D eigenvalue weighted by atomic mass is 32.1. The van der Waals surface area contributed by atoms with Crippen LogP contribution in [0, 0.1) is 0 Å². The highest BCUT2D eigenvalue weighted by Crippen LogP contribution is 2.30. The smallest absolute Gasteiger partial charge is 0.321 e. The quantitative estimate of drug-likeness (QED) is 0.502. The molecule has 0 aliphatic carbocycles. The van der Waals surface area contributed by atoms with Crippen LogP contribution < -0.4 is 10.6 Å². The summed E-state index contributed by atoms with van der Waals surface area (Å²) >= 11 is 1.28. The van der Waals surface area contributed by atoms with Gasteiger partial charge in [0.25, 0.3) is 0 Å². The first-order chi connectivity index (χ1) is 12.8. The van der Waals surface area contributed by atoms with Gasteiger partial charge in [-0.1, -0.05) is 59.9 Å². The van der Waals surface area contributed by atoms with E-state index in [1.54, 1.807) is 5.51 Å². The van der Waals surface area contributed by atoms with Crippen molar-refractivity contribution in [2.45, 2.75) is 5.92 Å². The van der Waals surface area contributed by atoms with Crippen molar-refractivity contribution in [1.82, 2.24) is 20.5 Å². The van der Waals surface area contributed by atoms with Crippen molar-refractivity contribution < 1.29 is 4.79 Å². The number of H-pyrrole nitrogens is 1. The molecule has 2 aromatic carbocycles. The molecule has 7 heteroatoms. The molecular weight excluding hydrogens is 346 g/mol. The van der Waals surface area contributed by atoms with Gasteiger partial charge in [0.2, 0.25) is 5.13 Å². The van der Waals surface area contributed by atoms with Crippen molar-refractivity contribution in [2.75, 3.05) is 11.9 Å². The summed E-state index contributed by atoms with van der Waals surface area (Å²) in [5, 5.41) is 14.8. The van der Waals surface area contributed by atoms with E-state index < -0.39 is 0 Å². The number of carbonyl (C=O) groups excluding carboxylic acids is 1. The Morgan fingerprint density at radius 1 is 1.12 bits per heavy atom. The molecule has 0 spiro atoms. The first-order valence-corrected chi connectivity index (χ1v) is 9.11. The standard InChI is InChI=1S/C19H17N5OS/c25-18(23-19-24-22-12-26-19)21-10-15(13-6-2-1-3-7-13)16-11-20-17-9-5-4-8-14(16)17/h1-9,11-12,15,20H,10H2,(H2,21,23,24,25)/t15-/m1/s1. The Bertz CT molecular complexity index is 997. The number of rotatable bonds is 5. The lowest BCUT2D eigenvalue weighted by Gasteiger charge is -2.18.